The molecular formula is C13H17N3O2. The van der Waals surface area contributed by atoms with Gasteiger partial charge >= 0.3 is 0 Å². The number of aromatic nitrogens is 1. The zero-order valence-corrected chi connectivity index (χ0v) is 10.2. The van der Waals surface area contributed by atoms with Gasteiger partial charge in [0.15, 0.2) is 0 Å². The third-order valence-corrected chi connectivity index (χ3v) is 3.44. The second kappa shape index (κ2) is 4.57. The van der Waals surface area contributed by atoms with Crippen molar-refractivity contribution in [2.45, 2.75) is 31.8 Å². The number of pyridine rings is 1. The van der Waals surface area contributed by atoms with Crippen LogP contribution in [-0.2, 0) is 17.6 Å². The Bertz CT molecular complexity index is 483. The van der Waals surface area contributed by atoms with E-state index in [2.05, 4.69) is 4.98 Å². The highest BCUT2D eigenvalue weighted by Gasteiger charge is 2.24. The number of rotatable bonds is 3. The van der Waals surface area contributed by atoms with Crippen molar-refractivity contribution in [1.29, 1.82) is 5.41 Å². The van der Waals surface area contributed by atoms with Gasteiger partial charge in [-0.2, -0.15) is 0 Å². The molecule has 0 radical (unpaired) electrons. The van der Waals surface area contributed by atoms with Crippen LogP contribution < -0.4 is 10.5 Å². The van der Waals surface area contributed by atoms with Crippen molar-refractivity contribution in [1.82, 2.24) is 4.98 Å². The summed E-state index contributed by atoms with van der Waals surface area (Å²) in [6.45, 7) is 1.19. The third-order valence-electron chi connectivity index (χ3n) is 3.44. The van der Waals surface area contributed by atoms with Crippen LogP contribution in [0.25, 0.3) is 0 Å². The summed E-state index contributed by atoms with van der Waals surface area (Å²) in [6, 6.07) is 1.97. The summed E-state index contributed by atoms with van der Waals surface area (Å²) in [7, 11) is 0. The lowest BCUT2D eigenvalue weighted by molar-refractivity contribution is -0.0814. The largest absolute Gasteiger partial charge is 0.469 e. The van der Waals surface area contributed by atoms with Crippen molar-refractivity contribution in [3.63, 3.8) is 0 Å². The lowest BCUT2D eigenvalue weighted by Gasteiger charge is -2.28. The van der Waals surface area contributed by atoms with Crippen molar-refractivity contribution in [3.05, 3.63) is 22.9 Å². The topological polar surface area (TPSA) is 81.2 Å². The van der Waals surface area contributed by atoms with E-state index >= 15 is 0 Å². The Labute approximate surface area is 106 Å². The molecule has 2 aliphatic rings. The molecule has 1 fully saturated rings. The Morgan fingerprint density at radius 3 is 2.83 bits per heavy atom. The molecule has 2 heterocycles. The maximum atomic E-state index is 7.64. The second-order valence-electron chi connectivity index (χ2n) is 4.85. The van der Waals surface area contributed by atoms with Gasteiger partial charge in [0.25, 0.3) is 0 Å². The van der Waals surface area contributed by atoms with E-state index in [1.165, 1.54) is 18.4 Å². The molecule has 1 aromatic rings. The smallest absolute Gasteiger partial charge is 0.225 e. The highest BCUT2D eigenvalue weighted by Crippen LogP contribution is 2.27. The number of nitrogens with zero attached hydrogens (tertiary/aromatic N) is 1. The molecule has 0 bridgehead atoms. The summed E-state index contributed by atoms with van der Waals surface area (Å²) in [5.41, 5.74) is 8.54. The van der Waals surface area contributed by atoms with Gasteiger partial charge in [0, 0.05) is 5.69 Å². The van der Waals surface area contributed by atoms with Gasteiger partial charge in [0.2, 0.25) is 5.88 Å². The molecule has 0 amide bonds. The molecule has 1 saturated heterocycles. The minimum absolute atomic E-state index is 0.0196. The fraction of sp³-hybridized carbons (Fsp3) is 0.538. The summed E-state index contributed by atoms with van der Waals surface area (Å²) in [6.07, 6.45) is 4.42. The molecule has 3 N–H and O–H groups in total. The Balaban J connectivity index is 1.95. The summed E-state index contributed by atoms with van der Waals surface area (Å²) in [5.74, 6) is 0.516. The van der Waals surface area contributed by atoms with Crippen LogP contribution in [-0.4, -0.2) is 30.1 Å². The van der Waals surface area contributed by atoms with Crippen LogP contribution in [0.15, 0.2) is 6.07 Å². The summed E-state index contributed by atoms with van der Waals surface area (Å²) < 4.78 is 10.8. The van der Waals surface area contributed by atoms with E-state index in [1.54, 1.807) is 0 Å². The Kier molecular flexibility index (Phi) is 2.91. The van der Waals surface area contributed by atoms with Crippen LogP contribution in [0.4, 0.5) is 0 Å². The summed E-state index contributed by atoms with van der Waals surface area (Å²) in [4.78, 5) is 4.56. The maximum absolute atomic E-state index is 7.64. The number of nitrogens with one attached hydrogen (secondary N) is 1. The molecule has 5 heteroatoms. The fourth-order valence-corrected chi connectivity index (χ4v) is 2.34. The summed E-state index contributed by atoms with van der Waals surface area (Å²) in [5, 5.41) is 7.64. The zero-order chi connectivity index (χ0) is 12.5. The molecule has 0 aromatic carbocycles. The van der Waals surface area contributed by atoms with Crippen molar-refractivity contribution in [2.75, 3.05) is 13.2 Å². The lowest BCUT2D eigenvalue weighted by atomic mass is 9.95. The molecule has 0 saturated carbocycles. The number of fused-ring (bicyclic) bond motifs is 1. The Morgan fingerprint density at radius 2 is 2.17 bits per heavy atom. The van der Waals surface area contributed by atoms with Crippen LogP contribution in [0.5, 0.6) is 5.88 Å². The first-order chi connectivity index (χ1) is 8.74. The highest BCUT2D eigenvalue weighted by atomic mass is 16.6. The molecule has 1 aliphatic carbocycles. The molecule has 1 aromatic heterocycles. The number of hydrogen-bond donors (Lipinski definition) is 2. The standard InChI is InChI=1S/C13H17N3O2/c14-12(15)10-5-8-3-1-2-4-11(8)16-13(10)18-9-6-17-7-9/h5,9H,1-4,6-7H2,(H3,14,15). The third kappa shape index (κ3) is 2.06. The molecule has 0 unspecified atom stereocenters. The molecule has 0 spiro atoms. The maximum Gasteiger partial charge on any atom is 0.225 e. The number of nitrogens with two attached hydrogens (primary N) is 1. The van der Waals surface area contributed by atoms with Crippen LogP contribution >= 0.6 is 0 Å². The van der Waals surface area contributed by atoms with Gasteiger partial charge in [-0.05, 0) is 37.3 Å². The SMILES string of the molecule is N=C(N)c1cc2c(nc1OC1COC1)CCCC2. The van der Waals surface area contributed by atoms with Crippen molar-refractivity contribution < 1.29 is 9.47 Å². The molecule has 0 atom stereocenters. The summed E-state index contributed by atoms with van der Waals surface area (Å²) >= 11 is 0. The highest BCUT2D eigenvalue weighted by molar-refractivity contribution is 5.97. The van der Waals surface area contributed by atoms with E-state index in [-0.39, 0.29) is 11.9 Å². The Hall–Kier alpha value is -1.62. The van der Waals surface area contributed by atoms with Crippen LogP contribution in [0.1, 0.15) is 29.7 Å². The first kappa shape index (κ1) is 11.5. The molecule has 5 nitrogen and oxygen atoms in total. The van der Waals surface area contributed by atoms with E-state index in [9.17, 15) is 0 Å². The number of aryl methyl sites for hydroxylation is 2. The zero-order valence-electron chi connectivity index (χ0n) is 10.2. The lowest BCUT2D eigenvalue weighted by Crippen LogP contribution is -2.39. The van der Waals surface area contributed by atoms with E-state index < -0.39 is 0 Å². The van der Waals surface area contributed by atoms with Crippen molar-refractivity contribution >= 4 is 5.84 Å². The van der Waals surface area contributed by atoms with Gasteiger partial charge in [-0.25, -0.2) is 4.98 Å². The van der Waals surface area contributed by atoms with Gasteiger partial charge in [0.05, 0.1) is 18.8 Å². The first-order valence-corrected chi connectivity index (χ1v) is 6.35. The van der Waals surface area contributed by atoms with Crippen LogP contribution in [0.3, 0.4) is 0 Å². The van der Waals surface area contributed by atoms with Gasteiger partial charge in [-0.1, -0.05) is 0 Å². The minimum atomic E-state index is 0.0196. The predicted octanol–water partition coefficient (Wildman–Crippen LogP) is 1.02. The molecule has 96 valence electrons. The van der Waals surface area contributed by atoms with Gasteiger partial charge in [0.1, 0.15) is 11.9 Å². The van der Waals surface area contributed by atoms with Gasteiger partial charge in [-0.3, -0.25) is 5.41 Å². The number of nitrogen functional groups attached to an aromatic ring is 1. The average molecular weight is 247 g/mol. The first-order valence-electron chi connectivity index (χ1n) is 6.35. The van der Waals surface area contributed by atoms with Gasteiger partial charge < -0.3 is 15.2 Å². The van der Waals surface area contributed by atoms with Crippen molar-refractivity contribution in [3.8, 4) is 5.88 Å². The minimum Gasteiger partial charge on any atom is -0.469 e. The van der Waals surface area contributed by atoms with Crippen LogP contribution in [0, 0.1) is 5.41 Å². The van der Waals surface area contributed by atoms with Crippen LogP contribution in [0.2, 0.25) is 0 Å². The fourth-order valence-electron chi connectivity index (χ4n) is 2.34. The molecular weight excluding hydrogens is 230 g/mol. The number of hydrogen-bond acceptors (Lipinski definition) is 4. The normalized spacial score (nSPS) is 18.9. The van der Waals surface area contributed by atoms with E-state index in [1.807, 2.05) is 6.07 Å². The second-order valence-corrected chi connectivity index (χ2v) is 4.85. The monoisotopic (exact) mass is 247 g/mol. The van der Waals surface area contributed by atoms with Gasteiger partial charge in [-0.15, -0.1) is 0 Å². The van der Waals surface area contributed by atoms with E-state index in [0.29, 0.717) is 24.7 Å². The quantitative estimate of drug-likeness (QED) is 0.617. The molecule has 1 aliphatic heterocycles. The molecule has 18 heavy (non-hydrogen) atoms. The average Bonchev–Trinajstić information content (AvgIpc) is 2.32. The predicted molar refractivity (Wildman–Crippen MR) is 67.1 cm³/mol. The van der Waals surface area contributed by atoms with E-state index in [0.717, 1.165) is 18.5 Å². The number of ether oxygens (including phenoxy) is 2. The van der Waals surface area contributed by atoms with E-state index in [4.69, 9.17) is 20.6 Å². The Morgan fingerprint density at radius 1 is 1.39 bits per heavy atom. The molecule has 3 rings (SSSR count). The number of amidine groups is 1. The van der Waals surface area contributed by atoms with Crippen molar-refractivity contribution in [2.24, 2.45) is 5.73 Å².